The normalized spacial score (nSPS) is 11.7. The highest BCUT2D eigenvalue weighted by molar-refractivity contribution is 7.92. The molecule has 0 radical (unpaired) electrons. The zero-order valence-electron chi connectivity index (χ0n) is 20.8. The van der Waals surface area contributed by atoms with Crippen molar-refractivity contribution in [1.82, 2.24) is 0 Å². The summed E-state index contributed by atoms with van der Waals surface area (Å²) in [7, 11) is -7.28. The van der Waals surface area contributed by atoms with E-state index in [1.165, 1.54) is 28.6 Å². The molecule has 0 saturated heterocycles. The lowest BCUT2D eigenvalue weighted by molar-refractivity contribution is -0.116. The summed E-state index contributed by atoms with van der Waals surface area (Å²) in [5, 5.41) is 2.72. The maximum absolute atomic E-state index is 12.7. The van der Waals surface area contributed by atoms with E-state index >= 15 is 0 Å². The van der Waals surface area contributed by atoms with Gasteiger partial charge in [-0.25, -0.2) is 16.8 Å². The van der Waals surface area contributed by atoms with Crippen molar-refractivity contribution in [1.29, 1.82) is 0 Å². The van der Waals surface area contributed by atoms with Gasteiger partial charge in [0.15, 0.2) is 0 Å². The Labute approximate surface area is 213 Å². The molecule has 0 spiro atoms. The number of hydrogen-bond acceptors (Lipinski definition) is 5. The smallest absolute Gasteiger partial charge is 0.261 e. The van der Waals surface area contributed by atoms with Gasteiger partial charge in [-0.3, -0.25) is 13.8 Å². The predicted octanol–water partition coefficient (Wildman–Crippen LogP) is 4.60. The molecule has 0 aliphatic rings. The minimum Gasteiger partial charge on any atom is -0.326 e. The largest absolute Gasteiger partial charge is 0.326 e. The molecule has 0 fully saturated rings. The number of anilines is 3. The predicted molar refractivity (Wildman–Crippen MR) is 144 cm³/mol. The summed E-state index contributed by atoms with van der Waals surface area (Å²) in [6.07, 6.45) is 1.56. The number of carbonyl (C=O) groups excluding carboxylic acids is 1. The third kappa shape index (κ3) is 7.32. The second-order valence-electron chi connectivity index (χ2n) is 8.75. The van der Waals surface area contributed by atoms with E-state index < -0.39 is 20.0 Å². The van der Waals surface area contributed by atoms with Crippen molar-refractivity contribution in [2.75, 3.05) is 27.1 Å². The van der Waals surface area contributed by atoms with Gasteiger partial charge in [-0.2, -0.15) is 0 Å². The monoisotopic (exact) mass is 529 g/mol. The summed E-state index contributed by atoms with van der Waals surface area (Å²) < 4.78 is 53.7. The van der Waals surface area contributed by atoms with Crippen LogP contribution in [0.15, 0.2) is 71.6 Å². The van der Waals surface area contributed by atoms with E-state index in [4.69, 9.17) is 0 Å². The Kier molecular flexibility index (Phi) is 8.42. The van der Waals surface area contributed by atoms with Crippen LogP contribution in [0.5, 0.6) is 0 Å². The summed E-state index contributed by atoms with van der Waals surface area (Å²) in [5.41, 5.74) is 4.54. The van der Waals surface area contributed by atoms with E-state index in [2.05, 4.69) is 10.0 Å². The second-order valence-corrected chi connectivity index (χ2v) is 12.3. The molecule has 3 aromatic rings. The number of aryl methyl sites for hydroxylation is 3. The van der Waals surface area contributed by atoms with E-state index in [1.807, 2.05) is 39.0 Å². The summed E-state index contributed by atoms with van der Waals surface area (Å²) in [4.78, 5) is 12.5. The average molecular weight is 530 g/mol. The van der Waals surface area contributed by atoms with Gasteiger partial charge in [0, 0.05) is 24.3 Å². The number of hydrogen-bond donors (Lipinski definition) is 2. The Bertz CT molecular complexity index is 1430. The van der Waals surface area contributed by atoms with Crippen LogP contribution < -0.4 is 14.3 Å². The maximum atomic E-state index is 12.7. The first-order valence-electron chi connectivity index (χ1n) is 11.4. The van der Waals surface area contributed by atoms with Crippen molar-refractivity contribution in [3.8, 4) is 0 Å². The lowest BCUT2D eigenvalue weighted by atomic mass is 10.1. The van der Waals surface area contributed by atoms with E-state index in [9.17, 15) is 21.6 Å². The van der Waals surface area contributed by atoms with Gasteiger partial charge in [0.05, 0.1) is 16.8 Å². The highest BCUT2D eigenvalue weighted by atomic mass is 32.2. The molecular weight excluding hydrogens is 498 g/mol. The molecule has 0 bridgehead atoms. The molecule has 1 amide bonds. The first-order valence-corrected chi connectivity index (χ1v) is 14.7. The van der Waals surface area contributed by atoms with Gasteiger partial charge in [0.25, 0.3) is 10.0 Å². The summed E-state index contributed by atoms with van der Waals surface area (Å²) >= 11 is 0. The molecule has 0 heterocycles. The SMILES string of the molecule is Cc1ccc(N(CCCC(=O)Nc2ccc(S(=O)(=O)Nc3ccc(C)c(C)c3)cc2)S(C)(=O)=O)cc1. The average Bonchev–Trinajstić information content (AvgIpc) is 2.79. The van der Waals surface area contributed by atoms with E-state index in [-0.39, 0.29) is 23.8 Å². The topological polar surface area (TPSA) is 113 Å². The molecule has 10 heteroatoms. The first kappa shape index (κ1) is 27.2. The Hall–Kier alpha value is -3.37. The third-order valence-corrected chi connectivity index (χ3v) is 8.29. The number of rotatable bonds is 10. The number of nitrogens with zero attached hydrogens (tertiary/aromatic N) is 1. The van der Waals surface area contributed by atoms with Crippen molar-refractivity contribution in [2.45, 2.75) is 38.5 Å². The quantitative estimate of drug-likeness (QED) is 0.399. The fourth-order valence-corrected chi connectivity index (χ4v) is 5.56. The van der Waals surface area contributed by atoms with Crippen molar-refractivity contribution >= 4 is 43.0 Å². The molecule has 2 N–H and O–H groups in total. The standard InChI is InChI=1S/C26H31N3O5S2/c1-19-7-13-24(14-8-19)29(35(4,31)32)17-5-6-26(30)27-22-11-15-25(16-12-22)36(33,34)28-23-10-9-20(2)21(3)18-23/h7-16,18,28H,5-6,17H2,1-4H3,(H,27,30). The van der Waals surface area contributed by atoms with Crippen molar-refractivity contribution in [3.05, 3.63) is 83.4 Å². The van der Waals surface area contributed by atoms with Crippen LogP contribution in [-0.4, -0.2) is 35.5 Å². The molecule has 3 rings (SSSR count). The molecule has 192 valence electrons. The van der Waals surface area contributed by atoms with Crippen molar-refractivity contribution in [2.24, 2.45) is 0 Å². The van der Waals surface area contributed by atoms with Crippen molar-refractivity contribution in [3.63, 3.8) is 0 Å². The Morgan fingerprint density at radius 2 is 1.42 bits per heavy atom. The number of sulfonamides is 2. The number of amides is 1. The van der Waals surface area contributed by atoms with Gasteiger partial charge >= 0.3 is 0 Å². The molecule has 0 aliphatic carbocycles. The number of benzene rings is 3. The van der Waals surface area contributed by atoms with Gasteiger partial charge in [0.1, 0.15) is 0 Å². The van der Waals surface area contributed by atoms with Gasteiger partial charge < -0.3 is 5.32 Å². The molecule has 0 aromatic heterocycles. The zero-order valence-corrected chi connectivity index (χ0v) is 22.4. The van der Waals surface area contributed by atoms with Crippen LogP contribution in [0.1, 0.15) is 29.5 Å². The van der Waals surface area contributed by atoms with Crippen LogP contribution in [-0.2, 0) is 24.8 Å². The first-order chi connectivity index (χ1) is 16.8. The van der Waals surface area contributed by atoms with E-state index in [0.717, 1.165) is 22.9 Å². The van der Waals surface area contributed by atoms with Gasteiger partial charge in [-0.1, -0.05) is 23.8 Å². The fraction of sp³-hybridized carbons (Fsp3) is 0.269. The van der Waals surface area contributed by atoms with Crippen LogP contribution in [0.25, 0.3) is 0 Å². The molecule has 3 aromatic carbocycles. The van der Waals surface area contributed by atoms with Crippen LogP contribution in [0.2, 0.25) is 0 Å². The Morgan fingerprint density at radius 1 is 0.806 bits per heavy atom. The van der Waals surface area contributed by atoms with E-state index in [0.29, 0.717) is 23.5 Å². The minimum absolute atomic E-state index is 0.0700. The lowest BCUT2D eigenvalue weighted by Gasteiger charge is -2.22. The highest BCUT2D eigenvalue weighted by Crippen LogP contribution is 2.21. The highest BCUT2D eigenvalue weighted by Gasteiger charge is 2.18. The second kappa shape index (κ2) is 11.1. The zero-order chi connectivity index (χ0) is 26.5. The number of carbonyl (C=O) groups is 1. The van der Waals surface area contributed by atoms with Crippen LogP contribution >= 0.6 is 0 Å². The molecule has 36 heavy (non-hydrogen) atoms. The summed E-state index contributed by atoms with van der Waals surface area (Å²) in [5.74, 6) is -0.295. The van der Waals surface area contributed by atoms with Gasteiger partial charge in [-0.15, -0.1) is 0 Å². The maximum Gasteiger partial charge on any atom is 0.261 e. The molecule has 0 saturated carbocycles. The van der Waals surface area contributed by atoms with Gasteiger partial charge in [0.2, 0.25) is 15.9 Å². The number of nitrogens with one attached hydrogen (secondary N) is 2. The van der Waals surface area contributed by atoms with Crippen LogP contribution in [0.3, 0.4) is 0 Å². The molecule has 0 atom stereocenters. The van der Waals surface area contributed by atoms with E-state index in [1.54, 1.807) is 24.3 Å². The van der Waals surface area contributed by atoms with Crippen LogP contribution in [0, 0.1) is 20.8 Å². The Morgan fingerprint density at radius 3 is 2.00 bits per heavy atom. The van der Waals surface area contributed by atoms with Crippen LogP contribution in [0.4, 0.5) is 17.1 Å². The third-order valence-electron chi connectivity index (χ3n) is 5.69. The Balaban J connectivity index is 1.57. The molecule has 0 unspecified atom stereocenters. The van der Waals surface area contributed by atoms with Gasteiger partial charge in [-0.05, 0) is 86.8 Å². The molecule has 8 nitrogen and oxygen atoms in total. The molecular formula is C26H31N3O5S2. The minimum atomic E-state index is -3.78. The fourth-order valence-electron chi connectivity index (χ4n) is 3.54. The van der Waals surface area contributed by atoms with Crippen molar-refractivity contribution < 1.29 is 21.6 Å². The summed E-state index contributed by atoms with van der Waals surface area (Å²) in [6.45, 7) is 5.94. The summed E-state index contributed by atoms with van der Waals surface area (Å²) in [6, 6.07) is 18.3. The molecule has 0 aliphatic heterocycles. The lowest BCUT2D eigenvalue weighted by Crippen LogP contribution is -2.31.